The zero-order valence-corrected chi connectivity index (χ0v) is 10.7. The van der Waals surface area contributed by atoms with Crippen LogP contribution in [0.2, 0.25) is 0 Å². The summed E-state index contributed by atoms with van der Waals surface area (Å²) in [6.45, 7) is 14.0. The fraction of sp³-hybridized carbons (Fsp3) is 1.00. The lowest BCUT2D eigenvalue weighted by Crippen LogP contribution is -2.56. The molecule has 0 saturated carbocycles. The summed E-state index contributed by atoms with van der Waals surface area (Å²) in [6.07, 6.45) is 0. The molecule has 0 N–H and O–H groups in total. The van der Waals surface area contributed by atoms with Crippen LogP contribution in [0.3, 0.4) is 0 Å². The molecule has 0 aliphatic heterocycles. The Balaban J connectivity index is 5.06. The fourth-order valence-electron chi connectivity index (χ4n) is 3.55. The van der Waals surface area contributed by atoms with Crippen LogP contribution in [0.25, 0.3) is 0 Å². The Hall–Kier alpha value is -0.0400. The van der Waals surface area contributed by atoms with Gasteiger partial charge in [-0.3, -0.25) is 0 Å². The standard InChI is InChI=1S/C12H27N/c1-9(2)12(10(3)4,11(5)6)13(7)8/h9-11H,1-8H3. The third-order valence-electron chi connectivity index (χ3n) is 3.55. The topological polar surface area (TPSA) is 3.24 Å². The van der Waals surface area contributed by atoms with E-state index in [9.17, 15) is 0 Å². The third kappa shape index (κ3) is 2.07. The summed E-state index contributed by atoms with van der Waals surface area (Å²) < 4.78 is 0. The lowest BCUT2D eigenvalue weighted by atomic mass is 9.68. The Bertz CT molecular complexity index is 108. The Morgan fingerprint density at radius 3 is 0.923 bits per heavy atom. The molecule has 0 saturated heterocycles. The van der Waals surface area contributed by atoms with Gasteiger partial charge in [0.05, 0.1) is 0 Å². The molecule has 0 amide bonds. The minimum atomic E-state index is 0.333. The maximum atomic E-state index is 2.41. The van der Waals surface area contributed by atoms with Gasteiger partial charge in [-0.25, -0.2) is 0 Å². The molecule has 0 aromatic carbocycles. The van der Waals surface area contributed by atoms with Crippen molar-refractivity contribution in [2.75, 3.05) is 14.1 Å². The van der Waals surface area contributed by atoms with Crippen molar-refractivity contribution in [3.8, 4) is 0 Å². The van der Waals surface area contributed by atoms with Crippen molar-refractivity contribution in [2.24, 2.45) is 17.8 Å². The van der Waals surface area contributed by atoms with E-state index < -0.39 is 0 Å². The van der Waals surface area contributed by atoms with Crippen LogP contribution in [-0.4, -0.2) is 24.5 Å². The molecule has 0 unspecified atom stereocenters. The predicted molar refractivity (Wildman–Crippen MR) is 60.9 cm³/mol. The Morgan fingerprint density at radius 2 is 0.923 bits per heavy atom. The number of rotatable bonds is 4. The first kappa shape index (κ1) is 13.0. The van der Waals surface area contributed by atoms with Crippen molar-refractivity contribution in [1.29, 1.82) is 0 Å². The maximum Gasteiger partial charge on any atom is 0.0272 e. The molecule has 0 aromatic heterocycles. The second-order valence-electron chi connectivity index (χ2n) is 5.25. The molecule has 1 heteroatoms. The number of hydrogen-bond acceptors (Lipinski definition) is 1. The molecule has 0 aromatic rings. The second kappa shape index (κ2) is 4.45. The van der Waals surface area contributed by atoms with Crippen LogP contribution in [0.15, 0.2) is 0 Å². The first-order valence-electron chi connectivity index (χ1n) is 5.45. The molecular weight excluding hydrogens is 158 g/mol. The zero-order chi connectivity index (χ0) is 10.8. The van der Waals surface area contributed by atoms with E-state index in [1.807, 2.05) is 0 Å². The van der Waals surface area contributed by atoms with Crippen LogP contribution in [0.5, 0.6) is 0 Å². The van der Waals surface area contributed by atoms with Gasteiger partial charge in [0.2, 0.25) is 0 Å². The van der Waals surface area contributed by atoms with Gasteiger partial charge in [-0.1, -0.05) is 41.5 Å². The Morgan fingerprint density at radius 1 is 0.692 bits per heavy atom. The maximum absolute atomic E-state index is 2.41. The van der Waals surface area contributed by atoms with E-state index in [0.29, 0.717) is 23.3 Å². The van der Waals surface area contributed by atoms with E-state index in [4.69, 9.17) is 0 Å². The third-order valence-corrected chi connectivity index (χ3v) is 3.55. The highest BCUT2D eigenvalue weighted by Gasteiger charge is 2.41. The van der Waals surface area contributed by atoms with Crippen molar-refractivity contribution >= 4 is 0 Å². The van der Waals surface area contributed by atoms with Crippen molar-refractivity contribution in [3.63, 3.8) is 0 Å². The van der Waals surface area contributed by atoms with Gasteiger partial charge in [-0.2, -0.15) is 0 Å². The summed E-state index contributed by atoms with van der Waals surface area (Å²) in [6, 6.07) is 0. The number of hydrogen-bond donors (Lipinski definition) is 0. The van der Waals surface area contributed by atoms with Gasteiger partial charge in [0, 0.05) is 5.54 Å². The van der Waals surface area contributed by atoms with Gasteiger partial charge < -0.3 is 4.90 Å². The average Bonchev–Trinajstić information content (AvgIpc) is 1.82. The minimum absolute atomic E-state index is 0.333. The van der Waals surface area contributed by atoms with Crippen molar-refractivity contribution < 1.29 is 0 Å². The average molecular weight is 185 g/mol. The number of nitrogens with zero attached hydrogens (tertiary/aromatic N) is 1. The van der Waals surface area contributed by atoms with Crippen LogP contribution in [0, 0.1) is 17.8 Å². The zero-order valence-electron chi connectivity index (χ0n) is 10.7. The highest BCUT2D eigenvalue weighted by atomic mass is 15.2. The van der Waals surface area contributed by atoms with Gasteiger partial charge in [0.15, 0.2) is 0 Å². The summed E-state index contributed by atoms with van der Waals surface area (Å²) in [5, 5.41) is 0. The van der Waals surface area contributed by atoms with E-state index in [1.165, 1.54) is 0 Å². The highest BCUT2D eigenvalue weighted by molar-refractivity contribution is 4.96. The summed E-state index contributed by atoms with van der Waals surface area (Å²) in [4.78, 5) is 2.41. The molecule has 0 rings (SSSR count). The minimum Gasteiger partial charge on any atom is -0.303 e. The molecule has 0 atom stereocenters. The van der Waals surface area contributed by atoms with E-state index in [2.05, 4.69) is 60.5 Å². The molecule has 0 fully saturated rings. The molecule has 0 radical (unpaired) electrons. The molecular formula is C12H27N. The first-order valence-corrected chi connectivity index (χ1v) is 5.45. The van der Waals surface area contributed by atoms with Crippen LogP contribution in [0.4, 0.5) is 0 Å². The Kier molecular flexibility index (Phi) is 4.44. The van der Waals surface area contributed by atoms with Gasteiger partial charge in [-0.15, -0.1) is 0 Å². The van der Waals surface area contributed by atoms with Crippen molar-refractivity contribution in [2.45, 2.75) is 47.1 Å². The van der Waals surface area contributed by atoms with E-state index in [-0.39, 0.29) is 0 Å². The second-order valence-corrected chi connectivity index (χ2v) is 5.25. The largest absolute Gasteiger partial charge is 0.303 e. The molecule has 0 bridgehead atoms. The van der Waals surface area contributed by atoms with Gasteiger partial charge in [0.25, 0.3) is 0 Å². The van der Waals surface area contributed by atoms with E-state index >= 15 is 0 Å². The molecule has 1 nitrogen and oxygen atoms in total. The SMILES string of the molecule is CC(C)C(C(C)C)(C(C)C)N(C)C. The molecule has 0 spiro atoms. The summed E-state index contributed by atoms with van der Waals surface area (Å²) in [5.74, 6) is 2.09. The van der Waals surface area contributed by atoms with Crippen LogP contribution >= 0.6 is 0 Å². The van der Waals surface area contributed by atoms with Gasteiger partial charge in [-0.05, 0) is 31.8 Å². The highest BCUT2D eigenvalue weighted by Crippen LogP contribution is 2.37. The van der Waals surface area contributed by atoms with Crippen LogP contribution in [-0.2, 0) is 0 Å². The molecule has 0 aliphatic carbocycles. The Labute approximate surface area is 84.5 Å². The molecule has 0 heterocycles. The van der Waals surface area contributed by atoms with Gasteiger partial charge in [0.1, 0.15) is 0 Å². The van der Waals surface area contributed by atoms with Crippen molar-refractivity contribution in [3.05, 3.63) is 0 Å². The normalized spacial score (nSPS) is 13.8. The summed E-state index contributed by atoms with van der Waals surface area (Å²) in [5.41, 5.74) is 0.333. The predicted octanol–water partition coefficient (Wildman–Crippen LogP) is 3.25. The summed E-state index contributed by atoms with van der Waals surface area (Å²) in [7, 11) is 4.42. The monoisotopic (exact) mass is 185 g/mol. The smallest absolute Gasteiger partial charge is 0.0272 e. The molecule has 80 valence electrons. The van der Waals surface area contributed by atoms with Crippen molar-refractivity contribution in [1.82, 2.24) is 4.90 Å². The van der Waals surface area contributed by atoms with Crippen LogP contribution in [0.1, 0.15) is 41.5 Å². The lowest BCUT2D eigenvalue weighted by Gasteiger charge is -2.50. The molecule has 13 heavy (non-hydrogen) atoms. The molecule has 0 aliphatic rings. The van der Waals surface area contributed by atoms with Crippen LogP contribution < -0.4 is 0 Å². The van der Waals surface area contributed by atoms with E-state index in [1.54, 1.807) is 0 Å². The first-order chi connectivity index (χ1) is 5.77. The quantitative estimate of drug-likeness (QED) is 0.650. The van der Waals surface area contributed by atoms with E-state index in [0.717, 1.165) is 0 Å². The van der Waals surface area contributed by atoms with Gasteiger partial charge >= 0.3 is 0 Å². The lowest BCUT2D eigenvalue weighted by molar-refractivity contribution is 0.000339. The fourth-order valence-corrected chi connectivity index (χ4v) is 3.55. The summed E-state index contributed by atoms with van der Waals surface area (Å²) >= 11 is 0.